The molecular weight excluding hydrogens is 234 g/mol. The normalized spacial score (nSPS) is 12.4. The third-order valence-electron chi connectivity index (χ3n) is 2.81. The Bertz CT molecular complexity index is 171. The molecule has 1 unspecified atom stereocenters. The number of hydrogen-bond acceptors (Lipinski definition) is 2. The van der Waals surface area contributed by atoms with Gasteiger partial charge in [0.15, 0.2) is 0 Å². The van der Waals surface area contributed by atoms with E-state index >= 15 is 0 Å². The van der Waals surface area contributed by atoms with Crippen LogP contribution >= 0.6 is 24.0 Å². The summed E-state index contributed by atoms with van der Waals surface area (Å²) in [6.45, 7) is 7.81. The predicted octanol–water partition coefficient (Wildman–Crippen LogP) is 4.61. The fourth-order valence-electron chi connectivity index (χ4n) is 1.53. The highest BCUT2D eigenvalue weighted by atomic mass is 32.2. The summed E-state index contributed by atoms with van der Waals surface area (Å²) in [5, 5.41) is 3.40. The molecule has 96 valence electrons. The maximum Gasteiger partial charge on any atom is 0.133 e. The maximum absolute atomic E-state index is 5.30. The molecule has 0 aliphatic heterocycles. The molecule has 0 heterocycles. The summed E-state index contributed by atoms with van der Waals surface area (Å²) in [5.41, 5.74) is 0. The van der Waals surface area contributed by atoms with Gasteiger partial charge in [-0.3, -0.25) is 0 Å². The highest BCUT2D eigenvalue weighted by Gasteiger charge is 2.06. The summed E-state index contributed by atoms with van der Waals surface area (Å²) in [4.78, 5) is 0. The lowest BCUT2D eigenvalue weighted by atomic mass is 10.00. The first-order chi connectivity index (χ1) is 7.74. The molecular formula is C13H27NS2. The van der Waals surface area contributed by atoms with Gasteiger partial charge in [-0.25, -0.2) is 0 Å². The minimum Gasteiger partial charge on any atom is -0.371 e. The van der Waals surface area contributed by atoms with E-state index in [4.69, 9.17) is 12.2 Å². The van der Waals surface area contributed by atoms with Crippen LogP contribution in [0.4, 0.5) is 0 Å². The average molecular weight is 261 g/mol. The second-order valence-electron chi connectivity index (χ2n) is 4.29. The average Bonchev–Trinajstić information content (AvgIpc) is 2.30. The topological polar surface area (TPSA) is 12.0 Å². The van der Waals surface area contributed by atoms with Crippen molar-refractivity contribution in [2.45, 2.75) is 59.3 Å². The van der Waals surface area contributed by atoms with E-state index in [1.165, 1.54) is 38.5 Å². The molecule has 0 bridgehead atoms. The Morgan fingerprint density at radius 3 is 2.44 bits per heavy atom. The summed E-state index contributed by atoms with van der Waals surface area (Å²) in [7, 11) is 0. The van der Waals surface area contributed by atoms with E-state index in [0.717, 1.165) is 22.5 Å². The fourth-order valence-corrected chi connectivity index (χ4v) is 2.67. The number of unbranched alkanes of at least 4 members (excludes halogenated alkanes) is 2. The molecule has 1 atom stereocenters. The molecule has 0 rings (SSSR count). The van der Waals surface area contributed by atoms with Crippen LogP contribution in [0.25, 0.3) is 0 Å². The van der Waals surface area contributed by atoms with Crippen molar-refractivity contribution in [3.8, 4) is 0 Å². The van der Waals surface area contributed by atoms with Crippen molar-refractivity contribution in [2.24, 2.45) is 5.92 Å². The van der Waals surface area contributed by atoms with Crippen LogP contribution in [-0.2, 0) is 0 Å². The zero-order valence-corrected chi connectivity index (χ0v) is 12.7. The lowest BCUT2D eigenvalue weighted by Gasteiger charge is -2.16. The third-order valence-corrected chi connectivity index (χ3v) is 4.21. The fraction of sp³-hybridized carbons (Fsp3) is 0.923. The number of hydrogen-bond donors (Lipinski definition) is 1. The first kappa shape index (κ1) is 16.2. The van der Waals surface area contributed by atoms with Gasteiger partial charge in [-0.2, -0.15) is 0 Å². The van der Waals surface area contributed by atoms with Gasteiger partial charge in [0.2, 0.25) is 0 Å². The zero-order chi connectivity index (χ0) is 12.2. The Morgan fingerprint density at radius 1 is 1.19 bits per heavy atom. The summed E-state index contributed by atoms with van der Waals surface area (Å²) < 4.78 is 0.989. The van der Waals surface area contributed by atoms with E-state index in [-0.39, 0.29) is 0 Å². The summed E-state index contributed by atoms with van der Waals surface area (Å²) >= 11 is 7.10. The summed E-state index contributed by atoms with van der Waals surface area (Å²) in [6, 6.07) is 0. The van der Waals surface area contributed by atoms with Crippen LogP contribution in [0.1, 0.15) is 59.3 Å². The van der Waals surface area contributed by atoms with Gasteiger partial charge in [0.25, 0.3) is 0 Å². The van der Waals surface area contributed by atoms with Crippen molar-refractivity contribution < 1.29 is 0 Å². The number of thioether (sulfide) groups is 1. The van der Waals surface area contributed by atoms with Gasteiger partial charge in [-0.05, 0) is 18.8 Å². The summed E-state index contributed by atoms with van der Waals surface area (Å²) in [5.74, 6) is 1.96. The molecule has 0 aromatic carbocycles. The number of rotatable bonds is 9. The van der Waals surface area contributed by atoms with Gasteiger partial charge >= 0.3 is 0 Å². The Balaban J connectivity index is 3.54. The van der Waals surface area contributed by atoms with Crippen LogP contribution in [0, 0.1) is 5.92 Å². The van der Waals surface area contributed by atoms with Gasteiger partial charge < -0.3 is 5.32 Å². The molecule has 0 aromatic rings. The smallest absolute Gasteiger partial charge is 0.133 e. The quantitative estimate of drug-likeness (QED) is 0.481. The summed E-state index contributed by atoms with van der Waals surface area (Å²) in [6.07, 6.45) is 7.75. The van der Waals surface area contributed by atoms with Crippen molar-refractivity contribution >= 4 is 28.3 Å². The molecule has 1 nitrogen and oxygen atoms in total. The van der Waals surface area contributed by atoms with Crippen molar-refractivity contribution in [3.63, 3.8) is 0 Å². The van der Waals surface area contributed by atoms with Gasteiger partial charge in [0.05, 0.1) is 0 Å². The molecule has 16 heavy (non-hydrogen) atoms. The molecule has 0 saturated heterocycles. The second-order valence-corrected chi connectivity index (χ2v) is 6.06. The molecule has 0 amide bonds. The Hall–Kier alpha value is 0.240. The van der Waals surface area contributed by atoms with Crippen LogP contribution in [0.3, 0.4) is 0 Å². The highest BCUT2D eigenvalue weighted by Crippen LogP contribution is 2.12. The number of nitrogens with one attached hydrogen (secondary N) is 1. The van der Waals surface area contributed by atoms with Crippen molar-refractivity contribution in [2.75, 3.05) is 12.3 Å². The van der Waals surface area contributed by atoms with Gasteiger partial charge in [-0.1, -0.05) is 70.4 Å². The Morgan fingerprint density at radius 2 is 1.88 bits per heavy atom. The minimum absolute atomic E-state index is 0.796. The highest BCUT2D eigenvalue weighted by molar-refractivity contribution is 8.22. The minimum atomic E-state index is 0.796. The van der Waals surface area contributed by atoms with E-state index in [1.54, 1.807) is 11.8 Å². The van der Waals surface area contributed by atoms with E-state index in [1.807, 2.05) is 0 Å². The number of thiocarbonyl (C=S) groups is 1. The molecule has 0 aromatic heterocycles. The molecule has 1 N–H and O–H groups in total. The lowest BCUT2D eigenvalue weighted by Crippen LogP contribution is -2.26. The molecule has 0 radical (unpaired) electrons. The van der Waals surface area contributed by atoms with E-state index in [2.05, 4.69) is 26.1 Å². The molecule has 0 aliphatic carbocycles. The first-order valence-electron chi connectivity index (χ1n) is 6.65. The van der Waals surface area contributed by atoms with Crippen LogP contribution in [-0.4, -0.2) is 16.6 Å². The Kier molecular flexibility index (Phi) is 11.9. The third kappa shape index (κ3) is 9.46. The van der Waals surface area contributed by atoms with Gasteiger partial charge in [0, 0.05) is 12.3 Å². The molecule has 0 aliphatic rings. The Labute approximate surface area is 111 Å². The monoisotopic (exact) mass is 261 g/mol. The van der Waals surface area contributed by atoms with Gasteiger partial charge in [-0.15, -0.1) is 0 Å². The molecule has 0 saturated carbocycles. The molecule has 0 fully saturated rings. The van der Waals surface area contributed by atoms with Crippen LogP contribution in [0.15, 0.2) is 0 Å². The standard InChI is InChI=1S/C13H27NS2/c1-4-7-9-12(6-3)11-14-13(15)16-10-8-5-2/h12H,4-11H2,1-3H3,(H,14,15). The van der Waals surface area contributed by atoms with Crippen molar-refractivity contribution in [1.82, 2.24) is 5.32 Å². The molecule has 3 heteroatoms. The van der Waals surface area contributed by atoms with Crippen LogP contribution in [0.2, 0.25) is 0 Å². The zero-order valence-electron chi connectivity index (χ0n) is 11.1. The van der Waals surface area contributed by atoms with Crippen molar-refractivity contribution in [1.29, 1.82) is 0 Å². The second kappa shape index (κ2) is 11.7. The SMILES string of the molecule is CCCCSC(=S)NCC(CC)CCCC. The largest absolute Gasteiger partial charge is 0.371 e. The van der Waals surface area contributed by atoms with Crippen LogP contribution in [0.5, 0.6) is 0 Å². The van der Waals surface area contributed by atoms with E-state index in [9.17, 15) is 0 Å². The predicted molar refractivity (Wildman–Crippen MR) is 81.3 cm³/mol. The lowest BCUT2D eigenvalue weighted by molar-refractivity contribution is 0.447. The first-order valence-corrected chi connectivity index (χ1v) is 8.04. The van der Waals surface area contributed by atoms with E-state index in [0.29, 0.717) is 0 Å². The van der Waals surface area contributed by atoms with Crippen molar-refractivity contribution in [3.05, 3.63) is 0 Å². The van der Waals surface area contributed by atoms with Crippen LogP contribution < -0.4 is 5.32 Å². The van der Waals surface area contributed by atoms with Gasteiger partial charge in [0.1, 0.15) is 4.32 Å². The van der Waals surface area contributed by atoms with E-state index < -0.39 is 0 Å². The molecule has 0 spiro atoms. The maximum atomic E-state index is 5.30.